The van der Waals surface area contributed by atoms with Crippen molar-refractivity contribution in [2.75, 3.05) is 6.61 Å². The number of hydrogen-bond donors (Lipinski definition) is 0. The summed E-state index contributed by atoms with van der Waals surface area (Å²) in [5.74, 6) is 0.867. The molecule has 2 rings (SSSR count). The Balaban J connectivity index is 2.00. The van der Waals surface area contributed by atoms with E-state index >= 15 is 0 Å². The molecule has 0 aliphatic carbocycles. The SMILES string of the molecule is CCOC1=NC(Cc2ccccc2)C=CC1. The molecule has 1 aliphatic rings. The summed E-state index contributed by atoms with van der Waals surface area (Å²) in [6.07, 6.45) is 6.09. The van der Waals surface area contributed by atoms with Gasteiger partial charge in [0.2, 0.25) is 0 Å². The number of dihydropyridines is 1. The zero-order chi connectivity index (χ0) is 11.2. The molecule has 0 saturated carbocycles. The van der Waals surface area contributed by atoms with Crippen molar-refractivity contribution in [1.29, 1.82) is 0 Å². The molecule has 0 bridgehead atoms. The fraction of sp³-hybridized carbons (Fsp3) is 0.357. The van der Waals surface area contributed by atoms with Crippen molar-refractivity contribution >= 4 is 5.90 Å². The lowest BCUT2D eigenvalue weighted by Gasteiger charge is -2.15. The number of rotatable bonds is 3. The summed E-state index contributed by atoms with van der Waals surface area (Å²) < 4.78 is 5.45. The predicted octanol–water partition coefficient (Wildman–Crippen LogP) is 2.99. The Morgan fingerprint density at radius 3 is 2.88 bits per heavy atom. The molecule has 84 valence electrons. The highest BCUT2D eigenvalue weighted by molar-refractivity contribution is 5.78. The maximum atomic E-state index is 5.45. The highest BCUT2D eigenvalue weighted by Gasteiger charge is 2.10. The summed E-state index contributed by atoms with van der Waals surface area (Å²) in [7, 11) is 0. The topological polar surface area (TPSA) is 21.6 Å². The quantitative estimate of drug-likeness (QED) is 0.710. The second-order valence-electron chi connectivity index (χ2n) is 3.85. The molecule has 0 radical (unpaired) electrons. The zero-order valence-electron chi connectivity index (χ0n) is 9.60. The number of nitrogens with zero attached hydrogens (tertiary/aromatic N) is 1. The first-order valence-electron chi connectivity index (χ1n) is 5.78. The molecule has 0 fully saturated rings. The van der Waals surface area contributed by atoms with Crippen LogP contribution < -0.4 is 0 Å². The Hall–Kier alpha value is -1.57. The van der Waals surface area contributed by atoms with Gasteiger partial charge in [0, 0.05) is 6.42 Å². The maximum Gasteiger partial charge on any atom is 0.187 e. The van der Waals surface area contributed by atoms with Crippen molar-refractivity contribution in [1.82, 2.24) is 0 Å². The Labute approximate surface area is 96.7 Å². The first-order valence-corrected chi connectivity index (χ1v) is 5.78. The molecular formula is C14H17NO. The lowest BCUT2D eigenvalue weighted by molar-refractivity contribution is 0.316. The molecule has 16 heavy (non-hydrogen) atoms. The van der Waals surface area contributed by atoms with E-state index in [0.29, 0.717) is 6.61 Å². The number of aliphatic imine (C=N–C) groups is 1. The van der Waals surface area contributed by atoms with Crippen molar-refractivity contribution in [3.8, 4) is 0 Å². The van der Waals surface area contributed by atoms with Crippen molar-refractivity contribution in [2.24, 2.45) is 4.99 Å². The highest BCUT2D eigenvalue weighted by atomic mass is 16.5. The number of hydrogen-bond acceptors (Lipinski definition) is 2. The van der Waals surface area contributed by atoms with Gasteiger partial charge in [0.25, 0.3) is 0 Å². The van der Waals surface area contributed by atoms with Gasteiger partial charge in [0.15, 0.2) is 5.90 Å². The fourth-order valence-electron chi connectivity index (χ4n) is 1.84. The molecule has 0 N–H and O–H groups in total. The Kier molecular flexibility index (Phi) is 3.76. The van der Waals surface area contributed by atoms with Crippen LogP contribution in [0.4, 0.5) is 0 Å². The summed E-state index contributed by atoms with van der Waals surface area (Å²) in [5.41, 5.74) is 1.32. The van der Waals surface area contributed by atoms with Gasteiger partial charge in [-0.3, -0.25) is 0 Å². The average molecular weight is 215 g/mol. The van der Waals surface area contributed by atoms with E-state index in [1.165, 1.54) is 5.56 Å². The van der Waals surface area contributed by atoms with Crippen LogP contribution in [0.1, 0.15) is 18.9 Å². The van der Waals surface area contributed by atoms with Crippen molar-refractivity contribution in [3.05, 3.63) is 48.0 Å². The third kappa shape index (κ3) is 2.96. The summed E-state index contributed by atoms with van der Waals surface area (Å²) in [4.78, 5) is 4.57. The van der Waals surface area contributed by atoms with Crippen molar-refractivity contribution < 1.29 is 4.74 Å². The second-order valence-corrected chi connectivity index (χ2v) is 3.85. The molecule has 1 atom stereocenters. The van der Waals surface area contributed by atoms with E-state index in [1.54, 1.807) is 0 Å². The monoisotopic (exact) mass is 215 g/mol. The lowest BCUT2D eigenvalue weighted by atomic mass is 10.0. The Bertz CT molecular complexity index is 381. The average Bonchev–Trinajstić information content (AvgIpc) is 2.31. The highest BCUT2D eigenvalue weighted by Crippen LogP contribution is 2.12. The summed E-state index contributed by atoms with van der Waals surface area (Å²) in [6.45, 7) is 2.69. The van der Waals surface area contributed by atoms with Crippen LogP contribution in [-0.2, 0) is 11.2 Å². The minimum Gasteiger partial charge on any atom is -0.481 e. The maximum absolute atomic E-state index is 5.45. The van der Waals surface area contributed by atoms with E-state index in [9.17, 15) is 0 Å². The summed E-state index contributed by atoms with van der Waals surface area (Å²) in [5, 5.41) is 0. The molecule has 1 aromatic carbocycles. The van der Waals surface area contributed by atoms with Gasteiger partial charge in [-0.15, -0.1) is 0 Å². The molecule has 2 heteroatoms. The minimum absolute atomic E-state index is 0.234. The number of ether oxygens (including phenoxy) is 1. The van der Waals surface area contributed by atoms with E-state index in [0.717, 1.165) is 18.7 Å². The molecule has 0 saturated heterocycles. The molecule has 0 amide bonds. The molecule has 1 aromatic rings. The first kappa shape index (κ1) is 10.9. The van der Waals surface area contributed by atoms with Gasteiger partial charge in [0.05, 0.1) is 12.6 Å². The third-order valence-corrected chi connectivity index (χ3v) is 2.56. The van der Waals surface area contributed by atoms with Crippen LogP contribution in [0.5, 0.6) is 0 Å². The molecule has 0 spiro atoms. The van der Waals surface area contributed by atoms with Crippen LogP contribution in [0.3, 0.4) is 0 Å². The molecule has 0 aromatic heterocycles. The van der Waals surface area contributed by atoms with E-state index in [2.05, 4.69) is 41.4 Å². The standard InChI is InChI=1S/C14H17NO/c1-2-16-14-10-6-9-13(15-14)11-12-7-4-3-5-8-12/h3-9,13H,2,10-11H2,1H3. The first-order chi connectivity index (χ1) is 7.88. The van der Waals surface area contributed by atoms with Crippen molar-refractivity contribution in [3.63, 3.8) is 0 Å². The van der Waals surface area contributed by atoms with Gasteiger partial charge < -0.3 is 4.74 Å². The Morgan fingerprint density at radius 1 is 1.31 bits per heavy atom. The van der Waals surface area contributed by atoms with Gasteiger partial charge in [-0.2, -0.15) is 0 Å². The smallest absolute Gasteiger partial charge is 0.187 e. The predicted molar refractivity (Wildman–Crippen MR) is 66.8 cm³/mol. The van der Waals surface area contributed by atoms with Crippen LogP contribution in [0.15, 0.2) is 47.5 Å². The van der Waals surface area contributed by atoms with Gasteiger partial charge in [-0.25, -0.2) is 4.99 Å². The molecule has 1 heterocycles. The van der Waals surface area contributed by atoms with Gasteiger partial charge in [-0.1, -0.05) is 42.5 Å². The third-order valence-electron chi connectivity index (χ3n) is 2.56. The van der Waals surface area contributed by atoms with Crippen LogP contribution in [0, 0.1) is 0 Å². The van der Waals surface area contributed by atoms with Crippen LogP contribution in [-0.4, -0.2) is 18.5 Å². The zero-order valence-corrected chi connectivity index (χ0v) is 9.60. The van der Waals surface area contributed by atoms with Crippen molar-refractivity contribution in [2.45, 2.75) is 25.8 Å². The van der Waals surface area contributed by atoms with E-state index in [4.69, 9.17) is 4.74 Å². The van der Waals surface area contributed by atoms with Gasteiger partial charge in [0.1, 0.15) is 0 Å². The van der Waals surface area contributed by atoms with Crippen LogP contribution in [0.2, 0.25) is 0 Å². The van der Waals surface area contributed by atoms with E-state index in [-0.39, 0.29) is 6.04 Å². The number of benzene rings is 1. The van der Waals surface area contributed by atoms with Gasteiger partial charge >= 0.3 is 0 Å². The van der Waals surface area contributed by atoms with Gasteiger partial charge in [-0.05, 0) is 18.9 Å². The Morgan fingerprint density at radius 2 is 2.12 bits per heavy atom. The minimum atomic E-state index is 0.234. The fourth-order valence-corrected chi connectivity index (χ4v) is 1.84. The molecule has 1 aliphatic heterocycles. The van der Waals surface area contributed by atoms with E-state index < -0.39 is 0 Å². The summed E-state index contributed by atoms with van der Waals surface area (Å²) >= 11 is 0. The second kappa shape index (κ2) is 5.50. The van der Waals surface area contributed by atoms with Crippen LogP contribution in [0.25, 0.3) is 0 Å². The summed E-state index contributed by atoms with van der Waals surface area (Å²) in [6, 6.07) is 10.7. The van der Waals surface area contributed by atoms with Crippen LogP contribution >= 0.6 is 0 Å². The lowest BCUT2D eigenvalue weighted by Crippen LogP contribution is -2.15. The molecule has 1 unspecified atom stereocenters. The normalized spacial score (nSPS) is 19.3. The van der Waals surface area contributed by atoms with E-state index in [1.807, 2.05) is 13.0 Å². The molecule has 2 nitrogen and oxygen atoms in total. The largest absolute Gasteiger partial charge is 0.481 e. The molecular weight excluding hydrogens is 198 g/mol.